The molecule has 1 saturated carbocycles. The van der Waals surface area contributed by atoms with Gasteiger partial charge in [0.1, 0.15) is 0 Å². The molecule has 1 aliphatic rings. The molecule has 1 aliphatic carbocycles. The molecule has 156 valence electrons. The lowest BCUT2D eigenvalue weighted by atomic mass is 10.0. The summed E-state index contributed by atoms with van der Waals surface area (Å²) >= 11 is 6.97. The number of carbonyl (C=O) groups excluding carboxylic acids is 1. The van der Waals surface area contributed by atoms with Gasteiger partial charge in [0.15, 0.2) is 0 Å². The Kier molecular flexibility index (Phi) is 8.76. The van der Waals surface area contributed by atoms with E-state index in [1.807, 2.05) is 12.1 Å². The van der Waals surface area contributed by atoms with Crippen molar-refractivity contribution in [3.05, 3.63) is 64.6 Å². The highest BCUT2D eigenvalue weighted by Crippen LogP contribution is 2.33. The van der Waals surface area contributed by atoms with Crippen molar-refractivity contribution >= 4 is 43.5 Å². The zero-order valence-corrected chi connectivity index (χ0v) is 20.2. The number of carbonyl (C=O) groups is 1. The molecule has 2 aromatic rings. The predicted octanol–water partition coefficient (Wildman–Crippen LogP) is 6.05. The highest BCUT2D eigenvalue weighted by molar-refractivity contribution is 9.10. The van der Waals surface area contributed by atoms with Gasteiger partial charge in [0, 0.05) is 34.5 Å². The number of nitrogens with zero attached hydrogens (tertiary/aromatic N) is 2. The first-order valence-electron chi connectivity index (χ1n) is 10.6. The fraction of sp³-hybridized carbons (Fsp3) is 0.458. The van der Waals surface area contributed by atoms with Crippen molar-refractivity contribution in [3.63, 3.8) is 0 Å². The number of likely N-dealkylation sites (N-methyl/N-ethyl adjacent to an activating group) is 1. The lowest BCUT2D eigenvalue weighted by molar-refractivity contribution is -0.118. The highest BCUT2D eigenvalue weighted by Gasteiger charge is 2.38. The fourth-order valence-electron chi connectivity index (χ4n) is 4.45. The molecule has 0 bridgehead atoms. The van der Waals surface area contributed by atoms with Crippen LogP contribution in [0.25, 0.3) is 0 Å². The molecule has 5 heteroatoms. The predicted molar refractivity (Wildman–Crippen MR) is 129 cm³/mol. The van der Waals surface area contributed by atoms with E-state index >= 15 is 0 Å². The first-order chi connectivity index (χ1) is 14.1. The zero-order valence-electron chi connectivity index (χ0n) is 17.1. The molecule has 0 saturated heterocycles. The zero-order chi connectivity index (χ0) is 20.6. The Balaban J connectivity index is 1.80. The first-order valence-corrected chi connectivity index (χ1v) is 12.5. The molecule has 2 atom stereocenters. The number of anilines is 1. The van der Waals surface area contributed by atoms with Crippen LogP contribution in [-0.2, 0) is 11.2 Å². The minimum atomic E-state index is 0.209. The quantitative estimate of drug-likeness (QED) is 0.375. The van der Waals surface area contributed by atoms with Crippen molar-refractivity contribution < 1.29 is 4.79 Å². The molecular weight excluding hydrogens is 492 g/mol. The van der Waals surface area contributed by atoms with Gasteiger partial charge in [-0.3, -0.25) is 9.69 Å². The van der Waals surface area contributed by atoms with Crippen LogP contribution >= 0.6 is 31.9 Å². The lowest BCUT2D eigenvalue weighted by Crippen LogP contribution is -2.52. The monoisotopic (exact) mass is 520 g/mol. The average Bonchev–Trinajstić information content (AvgIpc) is 3.20. The van der Waals surface area contributed by atoms with E-state index in [4.69, 9.17) is 0 Å². The van der Waals surface area contributed by atoms with Gasteiger partial charge in [-0.2, -0.15) is 0 Å². The van der Waals surface area contributed by atoms with Crippen molar-refractivity contribution in [3.8, 4) is 0 Å². The summed E-state index contributed by atoms with van der Waals surface area (Å²) in [7, 11) is 0. The molecule has 1 fully saturated rings. The van der Waals surface area contributed by atoms with Crippen molar-refractivity contribution in [2.24, 2.45) is 0 Å². The van der Waals surface area contributed by atoms with Crippen LogP contribution in [0.5, 0.6) is 0 Å². The Morgan fingerprint density at radius 3 is 2.38 bits per heavy atom. The van der Waals surface area contributed by atoms with E-state index < -0.39 is 0 Å². The van der Waals surface area contributed by atoms with Gasteiger partial charge < -0.3 is 4.90 Å². The minimum absolute atomic E-state index is 0.209. The SMILES string of the molecule is CCN(CCc1ccccc1)C1CCCC1N(C(=O)CCBr)c1ccc(Br)cc1. The van der Waals surface area contributed by atoms with Gasteiger partial charge >= 0.3 is 0 Å². The number of amides is 1. The summed E-state index contributed by atoms with van der Waals surface area (Å²) in [5.41, 5.74) is 2.38. The minimum Gasteiger partial charge on any atom is -0.308 e. The third-order valence-electron chi connectivity index (χ3n) is 5.86. The molecule has 0 spiro atoms. The van der Waals surface area contributed by atoms with Crippen LogP contribution < -0.4 is 4.90 Å². The number of alkyl halides is 1. The van der Waals surface area contributed by atoms with E-state index in [0.29, 0.717) is 17.8 Å². The normalized spacial score (nSPS) is 18.9. The summed E-state index contributed by atoms with van der Waals surface area (Å²) in [6.45, 7) is 4.28. The van der Waals surface area contributed by atoms with Crippen LogP contribution in [-0.4, -0.2) is 41.3 Å². The van der Waals surface area contributed by atoms with Gasteiger partial charge in [0.2, 0.25) is 5.91 Å². The van der Waals surface area contributed by atoms with E-state index in [1.165, 1.54) is 12.0 Å². The van der Waals surface area contributed by atoms with Crippen molar-refractivity contribution in [2.75, 3.05) is 23.3 Å². The lowest BCUT2D eigenvalue weighted by Gasteiger charge is -2.39. The van der Waals surface area contributed by atoms with Crippen molar-refractivity contribution in [1.82, 2.24) is 4.90 Å². The molecule has 0 aromatic heterocycles. The topological polar surface area (TPSA) is 23.6 Å². The molecule has 0 N–H and O–H groups in total. The summed E-state index contributed by atoms with van der Waals surface area (Å²) in [6.07, 6.45) is 4.96. The molecule has 0 radical (unpaired) electrons. The Labute approximate surface area is 191 Å². The Morgan fingerprint density at radius 2 is 1.72 bits per heavy atom. The van der Waals surface area contributed by atoms with Crippen LogP contribution in [0, 0.1) is 0 Å². The van der Waals surface area contributed by atoms with E-state index in [0.717, 1.165) is 42.5 Å². The first kappa shape index (κ1) is 22.5. The molecule has 2 unspecified atom stereocenters. The van der Waals surface area contributed by atoms with E-state index in [2.05, 4.69) is 91.0 Å². The molecule has 0 aliphatic heterocycles. The van der Waals surface area contributed by atoms with Crippen LogP contribution in [0.4, 0.5) is 5.69 Å². The smallest absolute Gasteiger partial charge is 0.228 e. The molecule has 0 heterocycles. The van der Waals surface area contributed by atoms with Gasteiger partial charge in [0.25, 0.3) is 0 Å². The number of hydrogen-bond acceptors (Lipinski definition) is 2. The summed E-state index contributed by atoms with van der Waals surface area (Å²) in [4.78, 5) is 17.8. The standard InChI is InChI=1S/C24H30Br2N2O/c1-2-27(18-16-19-7-4-3-5-8-19)22-9-6-10-23(22)28(24(29)15-17-25)21-13-11-20(26)12-14-21/h3-5,7-8,11-14,22-23H,2,6,9-10,15-18H2,1H3. The number of hydrogen-bond donors (Lipinski definition) is 0. The fourth-order valence-corrected chi connectivity index (χ4v) is 5.05. The third-order valence-corrected chi connectivity index (χ3v) is 6.79. The summed E-state index contributed by atoms with van der Waals surface area (Å²) in [5, 5.41) is 0.696. The third kappa shape index (κ3) is 5.93. The van der Waals surface area contributed by atoms with Crippen molar-refractivity contribution in [1.29, 1.82) is 0 Å². The maximum absolute atomic E-state index is 13.1. The molecule has 2 aromatic carbocycles. The Bertz CT molecular complexity index is 766. The number of benzene rings is 2. The van der Waals surface area contributed by atoms with Gasteiger partial charge in [-0.1, -0.05) is 69.1 Å². The van der Waals surface area contributed by atoms with Gasteiger partial charge in [-0.05, 0) is 62.1 Å². The number of rotatable bonds is 9. The average molecular weight is 522 g/mol. The molecule has 29 heavy (non-hydrogen) atoms. The van der Waals surface area contributed by atoms with Crippen LogP contribution in [0.15, 0.2) is 59.1 Å². The Morgan fingerprint density at radius 1 is 1.03 bits per heavy atom. The molecule has 3 rings (SSSR count). The number of halogens is 2. The molecule has 1 amide bonds. The van der Waals surface area contributed by atoms with E-state index in [-0.39, 0.29) is 11.9 Å². The van der Waals surface area contributed by atoms with Crippen LogP contribution in [0.1, 0.15) is 38.2 Å². The van der Waals surface area contributed by atoms with Gasteiger partial charge in [-0.25, -0.2) is 0 Å². The summed E-state index contributed by atoms with van der Waals surface area (Å²) in [6, 6.07) is 19.5. The maximum atomic E-state index is 13.1. The van der Waals surface area contributed by atoms with Crippen LogP contribution in [0.3, 0.4) is 0 Å². The van der Waals surface area contributed by atoms with E-state index in [1.54, 1.807) is 0 Å². The van der Waals surface area contributed by atoms with Crippen molar-refractivity contribution in [2.45, 2.75) is 51.1 Å². The van der Waals surface area contributed by atoms with E-state index in [9.17, 15) is 4.79 Å². The summed E-state index contributed by atoms with van der Waals surface area (Å²) < 4.78 is 1.04. The van der Waals surface area contributed by atoms with Gasteiger partial charge in [0.05, 0.1) is 6.04 Å². The highest BCUT2D eigenvalue weighted by atomic mass is 79.9. The van der Waals surface area contributed by atoms with Crippen LogP contribution in [0.2, 0.25) is 0 Å². The Hall–Kier alpha value is -1.17. The largest absolute Gasteiger partial charge is 0.308 e. The summed E-state index contributed by atoms with van der Waals surface area (Å²) in [5.74, 6) is 0.209. The maximum Gasteiger partial charge on any atom is 0.228 e. The molecule has 3 nitrogen and oxygen atoms in total. The second-order valence-electron chi connectivity index (χ2n) is 7.61. The van der Waals surface area contributed by atoms with Gasteiger partial charge in [-0.15, -0.1) is 0 Å². The molecular formula is C24H30Br2N2O. The second kappa shape index (κ2) is 11.3. The second-order valence-corrected chi connectivity index (χ2v) is 9.32.